The van der Waals surface area contributed by atoms with Crippen molar-refractivity contribution in [2.24, 2.45) is 0 Å². The van der Waals surface area contributed by atoms with E-state index in [9.17, 15) is 10.2 Å². The molecule has 0 aliphatic heterocycles. The highest BCUT2D eigenvalue weighted by molar-refractivity contribution is 5.32. The van der Waals surface area contributed by atoms with E-state index >= 15 is 0 Å². The van der Waals surface area contributed by atoms with Gasteiger partial charge in [-0.25, -0.2) is 0 Å². The lowest BCUT2D eigenvalue weighted by atomic mass is 9.67. The number of nitrogens with one attached hydrogen (secondary N) is 2. The minimum absolute atomic E-state index is 0.0826. The molecule has 2 aromatic rings. The molecule has 0 heterocycles. The number of rotatable bonds is 6. The maximum atomic E-state index is 10.4. The van der Waals surface area contributed by atoms with Gasteiger partial charge in [-0.05, 0) is 64.8 Å². The fraction of sp³-hybridized carbons (Fsp3) is 0.600. The van der Waals surface area contributed by atoms with E-state index in [2.05, 4.69) is 73.0 Å². The van der Waals surface area contributed by atoms with Crippen LogP contribution in [0.5, 0.6) is 0 Å². The maximum Gasteiger partial charge on any atom is 0.0649 e. The molecule has 2 saturated carbocycles. The number of hydrogen-bond donors (Lipinski definition) is 4. The highest BCUT2D eigenvalue weighted by Crippen LogP contribution is 2.40. The van der Waals surface area contributed by atoms with Crippen LogP contribution in [0.2, 0.25) is 0 Å². The zero-order chi connectivity index (χ0) is 24.6. The summed E-state index contributed by atoms with van der Waals surface area (Å²) < 4.78 is 0. The Morgan fingerprint density at radius 2 is 1.00 bits per heavy atom. The third-order valence-electron chi connectivity index (χ3n) is 8.21. The lowest BCUT2D eigenvalue weighted by Crippen LogP contribution is -2.48. The summed E-state index contributed by atoms with van der Waals surface area (Å²) >= 11 is 0. The van der Waals surface area contributed by atoms with Crippen molar-refractivity contribution in [3.05, 3.63) is 70.8 Å². The molecule has 0 aromatic heterocycles. The van der Waals surface area contributed by atoms with Crippen molar-refractivity contribution < 1.29 is 10.2 Å². The zero-order valence-electron chi connectivity index (χ0n) is 21.7. The van der Waals surface area contributed by atoms with Crippen molar-refractivity contribution in [3.63, 3.8) is 0 Å². The first-order valence-corrected chi connectivity index (χ1v) is 13.2. The van der Waals surface area contributed by atoms with E-state index in [1.165, 1.54) is 35.1 Å². The van der Waals surface area contributed by atoms with E-state index in [1.54, 1.807) is 0 Å². The molecule has 0 amide bonds. The molecule has 2 fully saturated rings. The molecule has 2 aliphatic carbocycles. The first kappa shape index (κ1) is 26.9. The van der Waals surface area contributed by atoms with Crippen LogP contribution in [0, 0.1) is 13.8 Å². The van der Waals surface area contributed by atoms with E-state index in [0.29, 0.717) is 0 Å². The predicted octanol–water partition coefficient (Wildman–Crippen LogP) is 4.77. The Morgan fingerprint density at radius 1 is 0.647 bits per heavy atom. The summed E-state index contributed by atoms with van der Waals surface area (Å²) in [6, 6.07) is 17.3. The van der Waals surface area contributed by atoms with Gasteiger partial charge in [-0.15, -0.1) is 0 Å². The summed E-state index contributed by atoms with van der Waals surface area (Å²) in [5.41, 5.74) is 4.95. The normalized spacial score (nSPS) is 29.2. The van der Waals surface area contributed by atoms with Gasteiger partial charge in [0.05, 0.1) is 12.2 Å². The molecule has 2 aliphatic rings. The molecule has 4 heteroatoms. The molecule has 188 valence electrons. The SMILES string of the molecule is CNC[C@@]1(c2ccc(C)cc2)CCCC[C@@H]1O.CNC[C@]1(c2ccc(C)cc2)CCCC[C@H]1O. The fourth-order valence-corrected chi connectivity index (χ4v) is 6.13. The van der Waals surface area contributed by atoms with Gasteiger partial charge in [0, 0.05) is 23.9 Å². The van der Waals surface area contributed by atoms with Crippen LogP contribution >= 0.6 is 0 Å². The van der Waals surface area contributed by atoms with Gasteiger partial charge in [-0.1, -0.05) is 85.3 Å². The Labute approximate surface area is 207 Å². The van der Waals surface area contributed by atoms with E-state index in [0.717, 1.165) is 51.6 Å². The highest BCUT2D eigenvalue weighted by Gasteiger charge is 2.41. The number of aliphatic hydroxyl groups excluding tert-OH is 2. The van der Waals surface area contributed by atoms with Gasteiger partial charge in [0.2, 0.25) is 0 Å². The van der Waals surface area contributed by atoms with Crippen molar-refractivity contribution in [1.29, 1.82) is 0 Å². The van der Waals surface area contributed by atoms with Crippen LogP contribution in [0.25, 0.3) is 0 Å². The predicted molar refractivity (Wildman–Crippen MR) is 143 cm³/mol. The Kier molecular flexibility index (Phi) is 9.73. The molecule has 4 nitrogen and oxygen atoms in total. The van der Waals surface area contributed by atoms with Gasteiger partial charge < -0.3 is 20.8 Å². The smallest absolute Gasteiger partial charge is 0.0649 e. The third kappa shape index (κ3) is 5.91. The van der Waals surface area contributed by atoms with Crippen molar-refractivity contribution in [1.82, 2.24) is 10.6 Å². The molecule has 4 rings (SSSR count). The standard InChI is InChI=1S/2C15H23NO/c2*1-12-6-8-13(9-7-12)15(11-16-2)10-4-3-5-14(15)17/h2*6-9,14,16-17H,3-5,10-11H2,1-2H3/t2*14-,15+/m10/s1. The van der Waals surface area contributed by atoms with Gasteiger partial charge >= 0.3 is 0 Å². The second kappa shape index (κ2) is 12.3. The number of aliphatic hydroxyl groups is 2. The van der Waals surface area contributed by atoms with Crippen molar-refractivity contribution in [2.45, 2.75) is 88.3 Å². The lowest BCUT2D eigenvalue weighted by Gasteiger charge is -2.42. The zero-order valence-corrected chi connectivity index (χ0v) is 21.7. The molecule has 0 saturated heterocycles. The van der Waals surface area contributed by atoms with Crippen LogP contribution in [0.3, 0.4) is 0 Å². The van der Waals surface area contributed by atoms with Crippen LogP contribution in [-0.4, -0.2) is 49.6 Å². The van der Waals surface area contributed by atoms with Gasteiger partial charge in [0.1, 0.15) is 0 Å². The Bertz CT molecular complexity index is 785. The Balaban J connectivity index is 0.000000191. The van der Waals surface area contributed by atoms with E-state index < -0.39 is 0 Å². The van der Waals surface area contributed by atoms with Crippen LogP contribution in [-0.2, 0) is 10.8 Å². The summed E-state index contributed by atoms with van der Waals surface area (Å²) in [6.07, 6.45) is 8.31. The lowest BCUT2D eigenvalue weighted by molar-refractivity contribution is 0.0423. The Hall–Kier alpha value is -1.72. The van der Waals surface area contributed by atoms with Gasteiger partial charge in [0.15, 0.2) is 0 Å². The molecule has 2 aromatic carbocycles. The van der Waals surface area contributed by atoms with E-state index in [-0.39, 0.29) is 23.0 Å². The number of aryl methyl sites for hydroxylation is 2. The average molecular weight is 467 g/mol. The second-order valence-corrected chi connectivity index (χ2v) is 10.6. The van der Waals surface area contributed by atoms with E-state index in [4.69, 9.17) is 0 Å². The molecule has 4 atom stereocenters. The second-order valence-electron chi connectivity index (χ2n) is 10.6. The molecule has 0 unspecified atom stereocenters. The third-order valence-corrected chi connectivity index (χ3v) is 8.21. The van der Waals surface area contributed by atoms with Gasteiger partial charge in [-0.2, -0.15) is 0 Å². The number of likely N-dealkylation sites (N-methyl/N-ethyl adjacent to an activating group) is 2. The molecule has 0 spiro atoms. The van der Waals surface area contributed by atoms with Gasteiger partial charge in [-0.3, -0.25) is 0 Å². The molecule has 0 bridgehead atoms. The van der Waals surface area contributed by atoms with Crippen molar-refractivity contribution in [2.75, 3.05) is 27.2 Å². The molecular weight excluding hydrogens is 420 g/mol. The first-order chi connectivity index (χ1) is 16.4. The van der Waals surface area contributed by atoms with Crippen LogP contribution < -0.4 is 10.6 Å². The number of benzene rings is 2. The summed E-state index contributed by atoms with van der Waals surface area (Å²) in [5.74, 6) is 0. The fourth-order valence-electron chi connectivity index (χ4n) is 6.13. The first-order valence-electron chi connectivity index (χ1n) is 13.2. The minimum atomic E-state index is -0.216. The quantitative estimate of drug-likeness (QED) is 0.495. The van der Waals surface area contributed by atoms with Gasteiger partial charge in [0.25, 0.3) is 0 Å². The molecule has 4 N–H and O–H groups in total. The summed E-state index contributed by atoms with van der Waals surface area (Å²) in [5, 5.41) is 27.4. The summed E-state index contributed by atoms with van der Waals surface area (Å²) in [7, 11) is 3.94. The maximum absolute atomic E-state index is 10.4. The summed E-state index contributed by atoms with van der Waals surface area (Å²) in [6.45, 7) is 5.92. The van der Waals surface area contributed by atoms with Crippen molar-refractivity contribution in [3.8, 4) is 0 Å². The minimum Gasteiger partial charge on any atom is -0.392 e. The van der Waals surface area contributed by atoms with E-state index in [1.807, 2.05) is 14.1 Å². The highest BCUT2D eigenvalue weighted by atomic mass is 16.3. The molecule has 34 heavy (non-hydrogen) atoms. The Morgan fingerprint density at radius 3 is 1.29 bits per heavy atom. The van der Waals surface area contributed by atoms with Crippen LogP contribution in [0.15, 0.2) is 48.5 Å². The average Bonchev–Trinajstić information content (AvgIpc) is 2.84. The molecule has 0 radical (unpaired) electrons. The monoisotopic (exact) mass is 466 g/mol. The summed E-state index contributed by atoms with van der Waals surface area (Å²) in [4.78, 5) is 0. The largest absolute Gasteiger partial charge is 0.392 e. The van der Waals surface area contributed by atoms with Crippen LogP contribution in [0.4, 0.5) is 0 Å². The van der Waals surface area contributed by atoms with Crippen LogP contribution in [0.1, 0.15) is 73.6 Å². The number of hydrogen-bond acceptors (Lipinski definition) is 4. The topological polar surface area (TPSA) is 64.5 Å². The van der Waals surface area contributed by atoms with Crippen molar-refractivity contribution >= 4 is 0 Å². The molecular formula is C30H46N2O2.